The average Bonchev–Trinajstić information content (AvgIpc) is 2.51. The molecule has 0 radical (unpaired) electrons. The lowest BCUT2D eigenvalue weighted by Crippen LogP contribution is -2.08. The van der Waals surface area contributed by atoms with E-state index in [1.165, 1.54) is 4.57 Å². The van der Waals surface area contributed by atoms with E-state index < -0.39 is 0 Å². The summed E-state index contributed by atoms with van der Waals surface area (Å²) in [5, 5.41) is 9.03. The SMILES string of the molecule is COCCOCn1c(C#N)nc(Cl)c1Cl. The largest absolute Gasteiger partial charge is 0.382 e. The molecule has 1 aromatic rings. The van der Waals surface area contributed by atoms with Crippen molar-refractivity contribution in [3.8, 4) is 6.07 Å². The third kappa shape index (κ3) is 3.08. The van der Waals surface area contributed by atoms with Crippen LogP contribution in [0.15, 0.2) is 0 Å². The Morgan fingerprint density at radius 1 is 1.47 bits per heavy atom. The third-order valence-electron chi connectivity index (χ3n) is 1.62. The van der Waals surface area contributed by atoms with Gasteiger partial charge >= 0.3 is 0 Å². The molecule has 0 aliphatic rings. The Morgan fingerprint density at radius 2 is 2.20 bits per heavy atom. The second-order valence-corrected chi connectivity index (χ2v) is 3.30. The van der Waals surface area contributed by atoms with Crippen molar-refractivity contribution in [1.82, 2.24) is 9.55 Å². The van der Waals surface area contributed by atoms with E-state index in [1.54, 1.807) is 7.11 Å². The standard InChI is InChI=1S/C8H9Cl2N3O2/c1-14-2-3-15-5-13-6(4-11)12-7(9)8(13)10/h2-3,5H2,1H3. The minimum atomic E-state index is 0.101. The highest BCUT2D eigenvalue weighted by atomic mass is 35.5. The van der Waals surface area contributed by atoms with Gasteiger partial charge in [-0.15, -0.1) is 0 Å². The molecule has 1 aromatic heterocycles. The summed E-state index contributed by atoms with van der Waals surface area (Å²) in [7, 11) is 1.57. The zero-order valence-corrected chi connectivity index (χ0v) is 9.55. The second kappa shape index (κ2) is 5.93. The summed E-state index contributed by atoms with van der Waals surface area (Å²) in [6, 6.07) is 1.87. The molecule has 0 saturated heterocycles. The third-order valence-corrected chi connectivity index (χ3v) is 2.36. The van der Waals surface area contributed by atoms with E-state index in [2.05, 4.69) is 4.98 Å². The first kappa shape index (κ1) is 12.3. The summed E-state index contributed by atoms with van der Waals surface area (Å²) in [4.78, 5) is 3.75. The smallest absolute Gasteiger partial charge is 0.217 e. The Labute approximate surface area is 97.1 Å². The van der Waals surface area contributed by atoms with Crippen LogP contribution in [-0.4, -0.2) is 29.9 Å². The second-order valence-electron chi connectivity index (χ2n) is 2.59. The number of halogens is 2. The van der Waals surface area contributed by atoms with Crippen LogP contribution in [-0.2, 0) is 16.2 Å². The van der Waals surface area contributed by atoms with E-state index in [4.69, 9.17) is 37.9 Å². The lowest BCUT2D eigenvalue weighted by Gasteiger charge is -2.06. The Balaban J connectivity index is 2.64. The number of methoxy groups -OCH3 is 1. The van der Waals surface area contributed by atoms with Crippen LogP contribution in [0.4, 0.5) is 0 Å². The molecular weight excluding hydrogens is 241 g/mol. The molecule has 0 fully saturated rings. The molecule has 0 saturated carbocycles. The van der Waals surface area contributed by atoms with E-state index in [-0.39, 0.29) is 22.9 Å². The predicted molar refractivity (Wildman–Crippen MR) is 54.8 cm³/mol. The van der Waals surface area contributed by atoms with Gasteiger partial charge < -0.3 is 9.47 Å². The van der Waals surface area contributed by atoms with E-state index in [9.17, 15) is 0 Å². The maximum atomic E-state index is 8.73. The summed E-state index contributed by atoms with van der Waals surface area (Å²) in [6.07, 6.45) is 0. The molecule has 0 bridgehead atoms. The molecule has 0 aromatic carbocycles. The van der Waals surface area contributed by atoms with Gasteiger partial charge in [-0.25, -0.2) is 4.98 Å². The fraction of sp³-hybridized carbons (Fsp3) is 0.500. The van der Waals surface area contributed by atoms with E-state index in [1.807, 2.05) is 6.07 Å². The summed E-state index contributed by atoms with van der Waals surface area (Å²) >= 11 is 11.5. The molecule has 0 aliphatic heterocycles. The summed E-state index contributed by atoms with van der Waals surface area (Å²) in [6.45, 7) is 1.01. The minimum Gasteiger partial charge on any atom is -0.382 e. The molecule has 7 heteroatoms. The Morgan fingerprint density at radius 3 is 2.80 bits per heavy atom. The monoisotopic (exact) mass is 249 g/mol. The van der Waals surface area contributed by atoms with Crippen LogP contribution in [0.2, 0.25) is 10.3 Å². The van der Waals surface area contributed by atoms with Gasteiger partial charge in [0.15, 0.2) is 10.3 Å². The Hall–Kier alpha value is -0.800. The molecule has 0 amide bonds. The molecule has 82 valence electrons. The molecule has 0 N–H and O–H groups in total. The van der Waals surface area contributed by atoms with Gasteiger partial charge in [0.2, 0.25) is 5.82 Å². The van der Waals surface area contributed by atoms with Crippen LogP contribution in [0.3, 0.4) is 0 Å². The molecule has 5 nitrogen and oxygen atoms in total. The van der Waals surface area contributed by atoms with Crippen LogP contribution in [0, 0.1) is 11.3 Å². The number of hydrogen-bond acceptors (Lipinski definition) is 4. The van der Waals surface area contributed by atoms with E-state index in [0.717, 1.165) is 0 Å². The first-order chi connectivity index (χ1) is 7.20. The van der Waals surface area contributed by atoms with Crippen LogP contribution in [0.25, 0.3) is 0 Å². The molecule has 0 unspecified atom stereocenters. The molecule has 1 heterocycles. The van der Waals surface area contributed by atoms with Crippen molar-refractivity contribution in [3.05, 3.63) is 16.1 Å². The van der Waals surface area contributed by atoms with Crippen LogP contribution in [0.5, 0.6) is 0 Å². The van der Waals surface area contributed by atoms with Crippen molar-refractivity contribution in [2.45, 2.75) is 6.73 Å². The number of aromatic nitrogens is 2. The summed E-state index contributed by atoms with van der Waals surface area (Å²) in [5.41, 5.74) is 0. The zero-order chi connectivity index (χ0) is 11.3. The van der Waals surface area contributed by atoms with Gasteiger partial charge in [-0.3, -0.25) is 4.57 Å². The van der Waals surface area contributed by atoms with Gasteiger partial charge in [0, 0.05) is 7.11 Å². The Kier molecular flexibility index (Phi) is 4.85. The maximum Gasteiger partial charge on any atom is 0.217 e. The summed E-state index contributed by atoms with van der Waals surface area (Å²) < 4.78 is 11.4. The van der Waals surface area contributed by atoms with Crippen molar-refractivity contribution in [2.24, 2.45) is 0 Å². The number of imidazole rings is 1. The molecule has 15 heavy (non-hydrogen) atoms. The van der Waals surface area contributed by atoms with Gasteiger partial charge in [-0.2, -0.15) is 5.26 Å². The average molecular weight is 250 g/mol. The molecule has 0 atom stereocenters. The highest BCUT2D eigenvalue weighted by molar-refractivity contribution is 6.40. The first-order valence-corrected chi connectivity index (χ1v) is 4.84. The van der Waals surface area contributed by atoms with Crippen LogP contribution in [0.1, 0.15) is 5.82 Å². The topological polar surface area (TPSA) is 60.1 Å². The van der Waals surface area contributed by atoms with Crippen LogP contribution >= 0.6 is 23.2 Å². The van der Waals surface area contributed by atoms with Gasteiger partial charge in [0.05, 0.1) is 13.2 Å². The zero-order valence-electron chi connectivity index (χ0n) is 8.04. The highest BCUT2D eigenvalue weighted by Crippen LogP contribution is 2.22. The van der Waals surface area contributed by atoms with Crippen molar-refractivity contribution in [3.63, 3.8) is 0 Å². The first-order valence-electron chi connectivity index (χ1n) is 4.09. The maximum absolute atomic E-state index is 8.73. The van der Waals surface area contributed by atoms with Gasteiger partial charge in [0.25, 0.3) is 0 Å². The normalized spacial score (nSPS) is 10.3. The number of nitrogens with zero attached hydrogens (tertiary/aromatic N) is 3. The summed E-state index contributed by atoms with van der Waals surface area (Å²) in [5.74, 6) is 0.127. The fourth-order valence-corrected chi connectivity index (χ4v) is 1.26. The fourth-order valence-electron chi connectivity index (χ4n) is 0.905. The lowest BCUT2D eigenvalue weighted by molar-refractivity contribution is 0.0339. The molecule has 0 spiro atoms. The van der Waals surface area contributed by atoms with Crippen molar-refractivity contribution in [1.29, 1.82) is 5.26 Å². The quantitative estimate of drug-likeness (QED) is 0.746. The van der Waals surface area contributed by atoms with E-state index >= 15 is 0 Å². The van der Waals surface area contributed by atoms with Gasteiger partial charge in [0.1, 0.15) is 12.8 Å². The van der Waals surface area contributed by atoms with Gasteiger partial charge in [-0.1, -0.05) is 23.2 Å². The number of hydrogen-bond donors (Lipinski definition) is 0. The molecule has 0 aliphatic carbocycles. The van der Waals surface area contributed by atoms with Crippen molar-refractivity contribution < 1.29 is 9.47 Å². The molecular formula is C8H9Cl2N3O2. The van der Waals surface area contributed by atoms with Crippen LogP contribution < -0.4 is 0 Å². The van der Waals surface area contributed by atoms with Crippen molar-refractivity contribution in [2.75, 3.05) is 20.3 Å². The number of ether oxygens (including phenoxy) is 2. The predicted octanol–water partition coefficient (Wildman–Crippen LogP) is 1.68. The minimum absolute atomic E-state index is 0.101. The Bertz CT molecular complexity index is 373. The molecule has 1 rings (SSSR count). The van der Waals surface area contributed by atoms with Gasteiger partial charge in [-0.05, 0) is 0 Å². The van der Waals surface area contributed by atoms with E-state index in [0.29, 0.717) is 13.2 Å². The lowest BCUT2D eigenvalue weighted by atomic mass is 10.7. The number of rotatable bonds is 5. The van der Waals surface area contributed by atoms with Crippen molar-refractivity contribution >= 4 is 23.2 Å². The highest BCUT2D eigenvalue weighted by Gasteiger charge is 2.13. The number of nitriles is 1.